The Morgan fingerprint density at radius 2 is 1.79 bits per heavy atom. The standard InChI is InChI=1S/C32H36BrF2N10O2P/c1-43-19-20(17-39-43)21-15-25(27(47-2)16-26(21)45-13-11-44(12-14-45)10-7-28(34)35)41-32-38-18-22(33)31(42-32)40-24-6-5-23-29(37-9-8-36-23)30(24)48(3,4)46/h5-6,8-9,15-19,28H,7,10-14H2,1-4H3,(H2,38,40,41,42). The van der Waals surface area contributed by atoms with Crippen LogP contribution in [0.15, 0.2) is 59.7 Å². The molecule has 1 aliphatic rings. The van der Waals surface area contributed by atoms with Gasteiger partial charge in [0.2, 0.25) is 12.4 Å². The van der Waals surface area contributed by atoms with E-state index in [0.29, 0.717) is 82.4 Å². The quantitative estimate of drug-likeness (QED) is 0.153. The van der Waals surface area contributed by atoms with Crippen LogP contribution in [0.5, 0.6) is 5.75 Å². The van der Waals surface area contributed by atoms with E-state index in [1.54, 1.807) is 49.9 Å². The van der Waals surface area contributed by atoms with Crippen molar-refractivity contribution in [3.05, 3.63) is 59.7 Å². The van der Waals surface area contributed by atoms with Gasteiger partial charge in [0.15, 0.2) is 0 Å². The van der Waals surface area contributed by atoms with Gasteiger partial charge >= 0.3 is 0 Å². The average Bonchev–Trinajstić information content (AvgIpc) is 3.50. The van der Waals surface area contributed by atoms with Crippen LogP contribution in [0.25, 0.3) is 22.2 Å². The molecule has 2 N–H and O–H groups in total. The molecule has 0 aliphatic carbocycles. The lowest BCUT2D eigenvalue weighted by atomic mass is 10.0. The highest BCUT2D eigenvalue weighted by molar-refractivity contribution is 9.10. The zero-order valence-corrected chi connectivity index (χ0v) is 29.5. The summed E-state index contributed by atoms with van der Waals surface area (Å²) in [7, 11) is 0.672. The molecule has 0 atom stereocenters. The lowest BCUT2D eigenvalue weighted by Crippen LogP contribution is -2.47. The second kappa shape index (κ2) is 14.1. The van der Waals surface area contributed by atoms with Crippen LogP contribution >= 0.6 is 23.1 Å². The Morgan fingerprint density at radius 1 is 1.02 bits per heavy atom. The predicted octanol–water partition coefficient (Wildman–Crippen LogP) is 6.10. The molecule has 5 aromatic rings. The number of aromatic nitrogens is 6. The number of ether oxygens (including phenoxy) is 1. The van der Waals surface area contributed by atoms with Gasteiger partial charge in [-0.05, 0) is 47.5 Å². The Morgan fingerprint density at radius 3 is 2.48 bits per heavy atom. The number of fused-ring (bicyclic) bond motifs is 1. The van der Waals surface area contributed by atoms with E-state index in [-0.39, 0.29) is 6.42 Å². The predicted molar refractivity (Wildman–Crippen MR) is 189 cm³/mol. The molecular formula is C32H36BrF2N10O2P. The molecule has 0 bridgehead atoms. The van der Waals surface area contributed by atoms with Gasteiger partial charge in [-0.2, -0.15) is 10.1 Å². The fourth-order valence-electron chi connectivity index (χ4n) is 5.81. The van der Waals surface area contributed by atoms with Gasteiger partial charge in [-0.1, -0.05) is 0 Å². The van der Waals surface area contributed by atoms with Crippen LogP contribution < -0.4 is 25.6 Å². The first-order valence-electron chi connectivity index (χ1n) is 15.3. The molecule has 0 unspecified atom stereocenters. The molecule has 16 heteroatoms. The number of aryl methyl sites for hydroxylation is 1. The van der Waals surface area contributed by atoms with Crippen LogP contribution in [-0.4, -0.2) is 94.2 Å². The number of halogens is 3. The summed E-state index contributed by atoms with van der Waals surface area (Å²) < 4.78 is 47.3. The minimum Gasteiger partial charge on any atom is -0.494 e. The number of anilines is 5. The molecular weight excluding hydrogens is 705 g/mol. The van der Waals surface area contributed by atoms with Crippen molar-refractivity contribution in [3.8, 4) is 16.9 Å². The van der Waals surface area contributed by atoms with Crippen molar-refractivity contribution in [2.24, 2.45) is 7.05 Å². The van der Waals surface area contributed by atoms with Crippen molar-refractivity contribution in [2.75, 3.05) is 68.7 Å². The monoisotopic (exact) mass is 740 g/mol. The molecule has 2 aromatic carbocycles. The van der Waals surface area contributed by atoms with Gasteiger partial charge in [0.25, 0.3) is 0 Å². The summed E-state index contributed by atoms with van der Waals surface area (Å²) in [5.41, 5.74) is 5.25. The van der Waals surface area contributed by atoms with Crippen LogP contribution in [0.4, 0.5) is 37.6 Å². The smallest absolute Gasteiger partial charge is 0.239 e. The largest absolute Gasteiger partial charge is 0.494 e. The number of benzene rings is 2. The topological polar surface area (TPSA) is 126 Å². The van der Waals surface area contributed by atoms with Gasteiger partial charge in [-0.3, -0.25) is 19.5 Å². The second-order valence-corrected chi connectivity index (χ2v) is 15.9. The maximum atomic E-state index is 13.4. The molecule has 4 heterocycles. The normalized spacial score (nSPS) is 14.1. The lowest BCUT2D eigenvalue weighted by molar-refractivity contribution is 0.114. The van der Waals surface area contributed by atoms with Gasteiger partial charge in [-0.15, -0.1) is 0 Å². The summed E-state index contributed by atoms with van der Waals surface area (Å²) in [6.07, 6.45) is 6.14. The van der Waals surface area contributed by atoms with E-state index in [1.807, 2.05) is 37.5 Å². The van der Waals surface area contributed by atoms with Gasteiger partial charge in [0.1, 0.15) is 24.2 Å². The third-order valence-electron chi connectivity index (χ3n) is 8.11. The third-order valence-corrected chi connectivity index (χ3v) is 10.2. The molecule has 252 valence electrons. The number of rotatable bonds is 11. The molecule has 0 spiro atoms. The van der Waals surface area contributed by atoms with Crippen molar-refractivity contribution >= 4 is 68.2 Å². The van der Waals surface area contributed by atoms with Gasteiger partial charge in [0.05, 0.1) is 40.0 Å². The molecule has 1 aliphatic heterocycles. The number of methoxy groups -OCH3 is 1. The minimum absolute atomic E-state index is 0.124. The fraction of sp³-hybridized carbons (Fsp3) is 0.344. The summed E-state index contributed by atoms with van der Waals surface area (Å²) in [5, 5.41) is 11.6. The first-order valence-corrected chi connectivity index (χ1v) is 18.7. The molecule has 1 fully saturated rings. The van der Waals surface area contributed by atoms with E-state index in [4.69, 9.17) is 9.72 Å². The molecule has 48 heavy (non-hydrogen) atoms. The van der Waals surface area contributed by atoms with E-state index >= 15 is 0 Å². The fourth-order valence-corrected chi connectivity index (χ4v) is 7.50. The van der Waals surface area contributed by atoms with Gasteiger partial charge in [-0.25, -0.2) is 13.8 Å². The zero-order chi connectivity index (χ0) is 34.0. The van der Waals surface area contributed by atoms with Crippen molar-refractivity contribution in [1.29, 1.82) is 0 Å². The molecule has 6 rings (SSSR count). The lowest BCUT2D eigenvalue weighted by Gasteiger charge is -2.37. The number of alkyl halides is 2. The number of hydrogen-bond acceptors (Lipinski definition) is 11. The molecule has 0 radical (unpaired) electrons. The Balaban J connectivity index is 1.32. The zero-order valence-electron chi connectivity index (χ0n) is 27.0. The second-order valence-electron chi connectivity index (χ2n) is 11.9. The average molecular weight is 742 g/mol. The highest BCUT2D eigenvalue weighted by Gasteiger charge is 2.25. The van der Waals surface area contributed by atoms with Crippen LogP contribution in [0.1, 0.15) is 6.42 Å². The van der Waals surface area contributed by atoms with Gasteiger partial charge < -0.3 is 24.8 Å². The van der Waals surface area contributed by atoms with E-state index in [2.05, 4.69) is 56.4 Å². The molecule has 12 nitrogen and oxygen atoms in total. The maximum absolute atomic E-state index is 13.4. The van der Waals surface area contributed by atoms with E-state index in [1.165, 1.54) is 0 Å². The first-order chi connectivity index (χ1) is 23.0. The van der Waals surface area contributed by atoms with Crippen molar-refractivity contribution in [2.45, 2.75) is 12.8 Å². The highest BCUT2D eigenvalue weighted by Crippen LogP contribution is 2.42. The summed E-state index contributed by atoms with van der Waals surface area (Å²) >= 11 is 3.55. The van der Waals surface area contributed by atoms with Crippen LogP contribution in [0, 0.1) is 0 Å². The van der Waals surface area contributed by atoms with Crippen LogP contribution in [0.3, 0.4) is 0 Å². The van der Waals surface area contributed by atoms with Crippen LogP contribution in [-0.2, 0) is 11.6 Å². The SMILES string of the molecule is COc1cc(N2CCN(CCC(F)F)CC2)c(-c2cnn(C)c2)cc1Nc1ncc(Br)c(Nc2ccc3nccnc3c2P(C)(C)=O)n1. The van der Waals surface area contributed by atoms with Crippen molar-refractivity contribution < 1.29 is 18.1 Å². The Hall–Kier alpha value is -4.20. The Labute approximate surface area is 285 Å². The number of hydrogen-bond donors (Lipinski definition) is 2. The Kier molecular flexibility index (Phi) is 9.90. The van der Waals surface area contributed by atoms with E-state index in [0.717, 1.165) is 16.8 Å². The number of nitrogens with zero attached hydrogens (tertiary/aromatic N) is 8. The summed E-state index contributed by atoms with van der Waals surface area (Å²) in [6.45, 7) is 6.51. The minimum atomic E-state index is -2.79. The van der Waals surface area contributed by atoms with E-state index in [9.17, 15) is 13.3 Å². The molecule has 0 amide bonds. The van der Waals surface area contributed by atoms with E-state index < -0.39 is 13.6 Å². The third kappa shape index (κ3) is 7.43. The summed E-state index contributed by atoms with van der Waals surface area (Å²) in [5.74, 6) is 1.33. The van der Waals surface area contributed by atoms with Crippen molar-refractivity contribution in [3.63, 3.8) is 0 Å². The number of piperazine rings is 1. The highest BCUT2D eigenvalue weighted by atomic mass is 79.9. The molecule has 1 saturated heterocycles. The van der Waals surface area contributed by atoms with Crippen molar-refractivity contribution in [1.82, 2.24) is 34.6 Å². The van der Waals surface area contributed by atoms with Crippen LogP contribution in [0.2, 0.25) is 0 Å². The van der Waals surface area contributed by atoms with Gasteiger partial charge in [0, 0.05) is 93.9 Å². The maximum Gasteiger partial charge on any atom is 0.239 e. The molecule has 0 saturated carbocycles. The Bertz CT molecular complexity index is 1980. The molecule has 3 aromatic heterocycles. The number of nitrogens with one attached hydrogen (secondary N) is 2. The summed E-state index contributed by atoms with van der Waals surface area (Å²) in [6, 6.07) is 7.61. The summed E-state index contributed by atoms with van der Waals surface area (Å²) in [4.78, 5) is 22.4. The first kappa shape index (κ1) is 33.7.